The van der Waals surface area contributed by atoms with E-state index < -0.39 is 10.8 Å². The zero-order valence-electron chi connectivity index (χ0n) is 11.4. The molecule has 110 valence electrons. The van der Waals surface area contributed by atoms with Gasteiger partial charge in [0, 0.05) is 11.4 Å². The van der Waals surface area contributed by atoms with Crippen LogP contribution < -0.4 is 11.1 Å². The van der Waals surface area contributed by atoms with E-state index in [1.165, 1.54) is 6.07 Å². The van der Waals surface area contributed by atoms with Gasteiger partial charge in [-0.05, 0) is 36.8 Å². The molecule has 0 fully saturated rings. The number of aryl methyl sites for hydroxylation is 1. The number of nitrogens with two attached hydrogens (primary N) is 1. The summed E-state index contributed by atoms with van der Waals surface area (Å²) in [6.07, 6.45) is 0. The normalized spacial score (nSPS) is 11.9. The van der Waals surface area contributed by atoms with Crippen molar-refractivity contribution >= 4 is 39.7 Å². The van der Waals surface area contributed by atoms with Crippen molar-refractivity contribution in [3.05, 3.63) is 53.1 Å². The van der Waals surface area contributed by atoms with Crippen LogP contribution in [0.5, 0.6) is 0 Å². The van der Waals surface area contributed by atoms with Crippen molar-refractivity contribution in [1.29, 1.82) is 0 Å². The Morgan fingerprint density at radius 2 is 2.00 bits per heavy atom. The third-order valence-corrected chi connectivity index (χ3v) is 4.68. The molecule has 1 atom stereocenters. The van der Waals surface area contributed by atoms with Gasteiger partial charge in [-0.3, -0.25) is 9.00 Å². The Morgan fingerprint density at radius 3 is 2.67 bits per heavy atom. The van der Waals surface area contributed by atoms with Gasteiger partial charge in [-0.25, -0.2) is 0 Å². The van der Waals surface area contributed by atoms with Gasteiger partial charge in [0.1, 0.15) is 5.75 Å². The van der Waals surface area contributed by atoms with E-state index in [-0.39, 0.29) is 11.7 Å². The Bertz CT molecular complexity index is 704. The summed E-state index contributed by atoms with van der Waals surface area (Å²) in [7, 11) is -1.51. The highest BCUT2D eigenvalue weighted by Gasteiger charge is 2.14. The van der Waals surface area contributed by atoms with Crippen molar-refractivity contribution in [2.45, 2.75) is 11.8 Å². The summed E-state index contributed by atoms with van der Waals surface area (Å²) >= 11 is 5.99. The van der Waals surface area contributed by atoms with Gasteiger partial charge < -0.3 is 11.1 Å². The lowest BCUT2D eigenvalue weighted by molar-refractivity contribution is -0.113. The number of nitrogens with one attached hydrogen (secondary N) is 1. The molecule has 6 heteroatoms. The highest BCUT2D eigenvalue weighted by Crippen LogP contribution is 2.22. The summed E-state index contributed by atoms with van der Waals surface area (Å²) in [6.45, 7) is 1.89. The maximum absolute atomic E-state index is 12.2. The molecule has 0 aliphatic rings. The highest BCUT2D eigenvalue weighted by molar-refractivity contribution is 7.86. The minimum absolute atomic E-state index is 0.155. The fourth-order valence-corrected chi connectivity index (χ4v) is 3.21. The molecule has 0 bridgehead atoms. The Hall–Kier alpha value is -1.85. The summed E-state index contributed by atoms with van der Waals surface area (Å²) in [5.74, 6) is -0.478. The number of amides is 1. The second-order valence-corrected chi connectivity index (χ2v) is 6.37. The Morgan fingerprint density at radius 1 is 1.29 bits per heavy atom. The number of carbonyl (C=O) groups is 1. The molecule has 0 aliphatic carbocycles. The van der Waals surface area contributed by atoms with E-state index in [1.807, 2.05) is 25.1 Å². The number of nitrogen functional groups attached to an aromatic ring is 1. The van der Waals surface area contributed by atoms with Gasteiger partial charge in [-0.2, -0.15) is 0 Å². The summed E-state index contributed by atoms with van der Waals surface area (Å²) in [5.41, 5.74) is 7.73. The molecule has 0 saturated carbocycles. The number of para-hydroxylation sites is 1. The SMILES string of the molecule is Cc1ccccc1NC(=O)CS(=O)c1ccc(N)cc1Cl. The summed E-state index contributed by atoms with van der Waals surface area (Å²) in [4.78, 5) is 12.4. The zero-order valence-corrected chi connectivity index (χ0v) is 13.0. The smallest absolute Gasteiger partial charge is 0.237 e. The van der Waals surface area contributed by atoms with Crippen molar-refractivity contribution in [2.75, 3.05) is 16.8 Å². The lowest BCUT2D eigenvalue weighted by atomic mass is 10.2. The van der Waals surface area contributed by atoms with E-state index in [2.05, 4.69) is 5.32 Å². The molecule has 0 heterocycles. The van der Waals surface area contributed by atoms with E-state index >= 15 is 0 Å². The molecule has 2 rings (SSSR count). The van der Waals surface area contributed by atoms with Gasteiger partial charge in [0.15, 0.2) is 0 Å². The van der Waals surface area contributed by atoms with Crippen LogP contribution in [-0.4, -0.2) is 15.9 Å². The number of benzene rings is 2. The molecule has 1 amide bonds. The van der Waals surface area contributed by atoms with Crippen LogP contribution in [0.15, 0.2) is 47.4 Å². The van der Waals surface area contributed by atoms with Crippen LogP contribution in [0, 0.1) is 6.92 Å². The molecule has 2 aromatic rings. The van der Waals surface area contributed by atoms with E-state index in [9.17, 15) is 9.00 Å². The highest BCUT2D eigenvalue weighted by atomic mass is 35.5. The van der Waals surface area contributed by atoms with Crippen LogP contribution in [0.1, 0.15) is 5.56 Å². The first-order chi connectivity index (χ1) is 9.97. The number of halogens is 1. The van der Waals surface area contributed by atoms with E-state index in [0.29, 0.717) is 21.3 Å². The molecule has 0 spiro atoms. The van der Waals surface area contributed by atoms with Crippen molar-refractivity contribution in [3.63, 3.8) is 0 Å². The average molecular weight is 323 g/mol. The van der Waals surface area contributed by atoms with Crippen molar-refractivity contribution < 1.29 is 9.00 Å². The standard InChI is InChI=1S/C15H15ClN2O2S/c1-10-4-2-3-5-13(10)18-15(19)9-21(20)14-7-6-11(17)8-12(14)16/h2-8H,9,17H2,1H3,(H,18,19). The van der Waals surface area contributed by atoms with Gasteiger partial charge in [0.25, 0.3) is 0 Å². The first-order valence-corrected chi connectivity index (χ1v) is 7.96. The molecule has 0 radical (unpaired) electrons. The fraction of sp³-hybridized carbons (Fsp3) is 0.133. The third kappa shape index (κ3) is 4.06. The predicted octanol–water partition coefficient (Wildman–Crippen LogP) is 2.98. The second-order valence-electron chi connectivity index (χ2n) is 4.54. The zero-order chi connectivity index (χ0) is 15.4. The molecule has 21 heavy (non-hydrogen) atoms. The Labute approximate surface area is 130 Å². The maximum atomic E-state index is 12.2. The second kappa shape index (κ2) is 6.74. The van der Waals surface area contributed by atoms with Crippen LogP contribution in [0.25, 0.3) is 0 Å². The largest absolute Gasteiger partial charge is 0.399 e. The van der Waals surface area contributed by atoms with Crippen molar-refractivity contribution in [1.82, 2.24) is 0 Å². The monoisotopic (exact) mass is 322 g/mol. The number of hydrogen-bond donors (Lipinski definition) is 2. The molecular formula is C15H15ClN2O2S. The molecule has 1 unspecified atom stereocenters. The van der Waals surface area contributed by atoms with Gasteiger partial charge in [-0.15, -0.1) is 0 Å². The minimum atomic E-state index is -1.51. The Kier molecular flexibility index (Phi) is 4.98. The first kappa shape index (κ1) is 15.5. The fourth-order valence-electron chi connectivity index (χ4n) is 1.80. The molecule has 4 nitrogen and oxygen atoms in total. The van der Waals surface area contributed by atoms with Crippen LogP contribution in [0.4, 0.5) is 11.4 Å². The van der Waals surface area contributed by atoms with Crippen LogP contribution in [0.2, 0.25) is 5.02 Å². The molecule has 0 aliphatic heterocycles. The van der Waals surface area contributed by atoms with E-state index in [4.69, 9.17) is 17.3 Å². The van der Waals surface area contributed by atoms with Gasteiger partial charge in [-0.1, -0.05) is 29.8 Å². The Balaban J connectivity index is 2.06. The van der Waals surface area contributed by atoms with E-state index in [0.717, 1.165) is 5.56 Å². The molecule has 0 aromatic heterocycles. The number of rotatable bonds is 4. The minimum Gasteiger partial charge on any atom is -0.399 e. The summed E-state index contributed by atoms with van der Waals surface area (Å²) in [6, 6.07) is 12.1. The number of anilines is 2. The van der Waals surface area contributed by atoms with Crippen LogP contribution >= 0.6 is 11.6 Å². The number of carbonyl (C=O) groups excluding carboxylic acids is 1. The van der Waals surface area contributed by atoms with Crippen LogP contribution in [0.3, 0.4) is 0 Å². The molecule has 3 N–H and O–H groups in total. The molecule has 2 aromatic carbocycles. The van der Waals surface area contributed by atoms with Gasteiger partial charge >= 0.3 is 0 Å². The molecule has 0 saturated heterocycles. The van der Waals surface area contributed by atoms with Crippen LogP contribution in [-0.2, 0) is 15.6 Å². The predicted molar refractivity (Wildman–Crippen MR) is 86.9 cm³/mol. The number of hydrogen-bond acceptors (Lipinski definition) is 3. The molecular weight excluding hydrogens is 308 g/mol. The van der Waals surface area contributed by atoms with Crippen molar-refractivity contribution in [3.8, 4) is 0 Å². The van der Waals surface area contributed by atoms with Gasteiger partial charge in [0.05, 0.1) is 20.7 Å². The quantitative estimate of drug-likeness (QED) is 0.850. The summed E-state index contributed by atoms with van der Waals surface area (Å²) < 4.78 is 12.2. The average Bonchev–Trinajstić information content (AvgIpc) is 2.41. The summed E-state index contributed by atoms with van der Waals surface area (Å²) in [5, 5.41) is 3.04. The first-order valence-electron chi connectivity index (χ1n) is 6.26. The third-order valence-electron chi connectivity index (χ3n) is 2.88. The maximum Gasteiger partial charge on any atom is 0.237 e. The van der Waals surface area contributed by atoms with Crippen molar-refractivity contribution in [2.24, 2.45) is 0 Å². The lowest BCUT2D eigenvalue weighted by Crippen LogP contribution is -2.20. The lowest BCUT2D eigenvalue weighted by Gasteiger charge is -2.09. The topological polar surface area (TPSA) is 72.2 Å². The van der Waals surface area contributed by atoms with E-state index in [1.54, 1.807) is 18.2 Å². The van der Waals surface area contributed by atoms with Gasteiger partial charge in [0.2, 0.25) is 5.91 Å².